The van der Waals surface area contributed by atoms with Crippen molar-refractivity contribution in [1.29, 1.82) is 0 Å². The first-order valence-electron chi connectivity index (χ1n) is 7.38. The Balaban J connectivity index is 1.86. The fourth-order valence-electron chi connectivity index (χ4n) is 2.16. The molecule has 4 nitrogen and oxygen atoms in total. The van der Waals surface area contributed by atoms with Crippen LogP contribution in [0.5, 0.6) is 5.75 Å². The molecule has 0 bridgehead atoms. The van der Waals surface area contributed by atoms with Crippen LogP contribution in [0.1, 0.15) is 40.5 Å². The Kier molecular flexibility index (Phi) is 3.75. The van der Waals surface area contributed by atoms with Gasteiger partial charge in [0, 0.05) is 11.7 Å². The van der Waals surface area contributed by atoms with E-state index in [1.165, 1.54) is 0 Å². The maximum absolute atomic E-state index is 6.07. The molecule has 0 unspecified atom stereocenters. The Morgan fingerprint density at radius 1 is 1.24 bits per heavy atom. The molecule has 1 aromatic heterocycles. The molecule has 1 aromatic rings. The van der Waals surface area contributed by atoms with E-state index in [-0.39, 0.29) is 18.3 Å². The summed E-state index contributed by atoms with van der Waals surface area (Å²) in [5.74, 6) is 0.845. The second-order valence-corrected chi connectivity index (χ2v) is 7.48. The third-order valence-corrected chi connectivity index (χ3v) is 5.07. The van der Waals surface area contributed by atoms with Crippen molar-refractivity contribution in [3.8, 4) is 5.75 Å². The van der Waals surface area contributed by atoms with Gasteiger partial charge in [0.15, 0.2) is 5.75 Å². The number of ether oxygens (including phenoxy) is 1. The molecule has 0 atom stereocenters. The average Bonchev–Trinajstić information content (AvgIpc) is 3.17. The Labute approximate surface area is 131 Å². The lowest BCUT2D eigenvalue weighted by Gasteiger charge is -2.32. The van der Waals surface area contributed by atoms with E-state index in [1.54, 1.807) is 11.8 Å². The van der Waals surface area contributed by atoms with Crippen molar-refractivity contribution < 1.29 is 14.0 Å². The van der Waals surface area contributed by atoms with Gasteiger partial charge in [-0.1, -0.05) is 0 Å². The van der Waals surface area contributed by atoms with Gasteiger partial charge >= 0.3 is 7.12 Å². The van der Waals surface area contributed by atoms with Crippen molar-refractivity contribution in [3.63, 3.8) is 0 Å². The van der Waals surface area contributed by atoms with E-state index in [9.17, 15) is 0 Å². The molecule has 1 aliphatic carbocycles. The zero-order valence-corrected chi connectivity index (χ0v) is 14.1. The summed E-state index contributed by atoms with van der Waals surface area (Å²) < 4.78 is 18.1. The molecule has 3 rings (SSSR count). The van der Waals surface area contributed by atoms with Crippen LogP contribution >= 0.6 is 11.8 Å². The van der Waals surface area contributed by atoms with Crippen LogP contribution in [0.3, 0.4) is 0 Å². The molecule has 6 heteroatoms. The number of aromatic nitrogens is 1. The molecule has 21 heavy (non-hydrogen) atoms. The first kappa shape index (κ1) is 15.2. The van der Waals surface area contributed by atoms with Crippen LogP contribution in [0.25, 0.3) is 0 Å². The predicted octanol–water partition coefficient (Wildman–Crippen LogP) is 2.64. The number of hydrogen-bond acceptors (Lipinski definition) is 5. The highest BCUT2D eigenvalue weighted by atomic mass is 32.2. The van der Waals surface area contributed by atoms with Gasteiger partial charge in [0.25, 0.3) is 0 Å². The molecular formula is C15H22BNO3S. The van der Waals surface area contributed by atoms with Gasteiger partial charge in [-0.15, -0.1) is 11.8 Å². The normalized spacial score (nSPS) is 23.4. The van der Waals surface area contributed by atoms with Crippen molar-refractivity contribution in [3.05, 3.63) is 12.3 Å². The summed E-state index contributed by atoms with van der Waals surface area (Å²) in [4.78, 5) is 4.50. The molecule has 1 saturated heterocycles. The predicted molar refractivity (Wildman–Crippen MR) is 85.4 cm³/mol. The average molecular weight is 307 g/mol. The van der Waals surface area contributed by atoms with Crippen molar-refractivity contribution in [2.45, 2.75) is 62.9 Å². The molecular weight excluding hydrogens is 285 g/mol. The minimum atomic E-state index is -0.389. The number of nitrogens with zero attached hydrogens (tertiary/aromatic N) is 1. The summed E-state index contributed by atoms with van der Waals surface area (Å²) >= 11 is 1.60. The highest BCUT2D eigenvalue weighted by Gasteiger charge is 2.52. The zero-order valence-electron chi connectivity index (χ0n) is 13.3. The molecule has 114 valence electrons. The topological polar surface area (TPSA) is 40.6 Å². The number of rotatable bonds is 4. The fourth-order valence-corrected chi connectivity index (χ4v) is 2.62. The van der Waals surface area contributed by atoms with Crippen molar-refractivity contribution in [1.82, 2.24) is 4.98 Å². The van der Waals surface area contributed by atoms with E-state index in [0.29, 0.717) is 6.10 Å². The third-order valence-electron chi connectivity index (χ3n) is 4.38. The fraction of sp³-hybridized carbons (Fsp3) is 0.667. The van der Waals surface area contributed by atoms with Crippen LogP contribution in [0.15, 0.2) is 17.3 Å². The van der Waals surface area contributed by atoms with Gasteiger partial charge in [-0.3, -0.25) is 0 Å². The van der Waals surface area contributed by atoms with Gasteiger partial charge in [0.05, 0.1) is 17.3 Å². The SMILES string of the molecule is CSc1ncc(B2OC(C)(C)C(C)(C)O2)cc1OC1CC1. The summed E-state index contributed by atoms with van der Waals surface area (Å²) in [5, 5.41) is 0.919. The monoisotopic (exact) mass is 307 g/mol. The van der Waals surface area contributed by atoms with Crippen molar-refractivity contribution in [2.24, 2.45) is 0 Å². The minimum absolute atomic E-state index is 0.340. The van der Waals surface area contributed by atoms with Crippen LogP contribution < -0.4 is 10.2 Å². The molecule has 1 saturated carbocycles. The van der Waals surface area contributed by atoms with E-state index in [0.717, 1.165) is 29.1 Å². The van der Waals surface area contributed by atoms with Gasteiger partial charge < -0.3 is 14.0 Å². The lowest BCUT2D eigenvalue weighted by atomic mass is 9.80. The zero-order chi connectivity index (χ0) is 15.3. The van der Waals surface area contributed by atoms with Crippen LogP contribution in [0, 0.1) is 0 Å². The third kappa shape index (κ3) is 2.94. The van der Waals surface area contributed by atoms with Gasteiger partial charge in [-0.25, -0.2) is 4.98 Å². The maximum Gasteiger partial charge on any atom is 0.496 e. The summed E-state index contributed by atoms with van der Waals surface area (Å²) in [6.45, 7) is 8.22. The van der Waals surface area contributed by atoms with Crippen molar-refractivity contribution in [2.75, 3.05) is 6.26 Å². The lowest BCUT2D eigenvalue weighted by molar-refractivity contribution is 0.00578. The largest absolute Gasteiger partial charge is 0.496 e. The standard InChI is InChI=1S/C15H22BNO3S/c1-14(2)15(3,4)20-16(19-14)10-8-12(18-11-6-7-11)13(21-5)17-9-10/h8-9,11H,6-7H2,1-5H3. The molecule has 1 aliphatic heterocycles. The maximum atomic E-state index is 6.07. The van der Waals surface area contributed by atoms with Gasteiger partial charge in [0.1, 0.15) is 5.03 Å². The van der Waals surface area contributed by atoms with Crippen LogP contribution in [0.2, 0.25) is 0 Å². The van der Waals surface area contributed by atoms with E-state index in [2.05, 4.69) is 32.7 Å². The molecule has 2 fully saturated rings. The minimum Gasteiger partial charge on any atom is -0.488 e. The van der Waals surface area contributed by atoms with Crippen molar-refractivity contribution >= 4 is 24.3 Å². The highest BCUT2D eigenvalue weighted by molar-refractivity contribution is 7.98. The summed E-state index contributed by atoms with van der Waals surface area (Å²) in [6.07, 6.45) is 6.46. The molecule has 0 radical (unpaired) electrons. The second-order valence-electron chi connectivity index (χ2n) is 6.68. The lowest BCUT2D eigenvalue weighted by Crippen LogP contribution is -2.41. The molecule has 0 amide bonds. The second kappa shape index (κ2) is 5.18. The Morgan fingerprint density at radius 3 is 2.38 bits per heavy atom. The van der Waals surface area contributed by atoms with Crippen LogP contribution in [-0.4, -0.2) is 35.7 Å². The summed E-state index contributed by atoms with van der Waals surface area (Å²) in [6, 6.07) is 2.01. The summed E-state index contributed by atoms with van der Waals surface area (Å²) in [7, 11) is -0.389. The number of thioether (sulfide) groups is 1. The molecule has 0 spiro atoms. The molecule has 0 aromatic carbocycles. The molecule has 2 aliphatic rings. The Bertz CT molecular complexity index is 530. The van der Waals surface area contributed by atoms with Crippen LogP contribution in [-0.2, 0) is 9.31 Å². The Hall–Kier alpha value is -0.715. The van der Waals surface area contributed by atoms with Gasteiger partial charge in [-0.2, -0.15) is 0 Å². The Morgan fingerprint density at radius 2 is 1.86 bits per heavy atom. The number of pyridine rings is 1. The first-order valence-corrected chi connectivity index (χ1v) is 8.61. The molecule has 2 heterocycles. The quantitative estimate of drug-likeness (QED) is 0.632. The van der Waals surface area contributed by atoms with Crippen LogP contribution in [0.4, 0.5) is 0 Å². The number of hydrogen-bond donors (Lipinski definition) is 0. The first-order chi connectivity index (χ1) is 9.82. The van der Waals surface area contributed by atoms with E-state index >= 15 is 0 Å². The smallest absolute Gasteiger partial charge is 0.488 e. The van der Waals surface area contributed by atoms with E-state index in [1.807, 2.05) is 18.5 Å². The van der Waals surface area contributed by atoms with E-state index in [4.69, 9.17) is 14.0 Å². The highest BCUT2D eigenvalue weighted by Crippen LogP contribution is 2.37. The van der Waals surface area contributed by atoms with Gasteiger partial charge in [-0.05, 0) is 52.9 Å². The summed E-state index contributed by atoms with van der Waals surface area (Å²) in [5.41, 5.74) is 0.239. The molecule has 0 N–H and O–H groups in total. The van der Waals surface area contributed by atoms with Gasteiger partial charge in [0.2, 0.25) is 0 Å². The van der Waals surface area contributed by atoms with E-state index < -0.39 is 0 Å².